The first-order valence-electron chi connectivity index (χ1n) is 12.7. The number of nitrogens with one attached hydrogen (secondary N) is 1. The number of carboxylic acid groups (broad SMARTS) is 1. The standard InChI is InChI=1S/C31H26N4O5/c1-19-12-14-32-17-24(19)26-28-23(29(38)27(34-26)30(39)33-15-13-25(36)37)16-22(21-10-6-3-7-11-21)31(40)35(28)18-20-8-4-2-5-9-20/h2-12,14,16-17,38H,13,15,18H2,1H3,(H,33,39)(H,36,37). The number of carbonyl (C=O) groups is 2. The minimum atomic E-state index is -1.07. The highest BCUT2D eigenvalue weighted by Crippen LogP contribution is 2.37. The van der Waals surface area contributed by atoms with Gasteiger partial charge in [0.05, 0.1) is 24.2 Å². The maximum Gasteiger partial charge on any atom is 0.305 e. The normalized spacial score (nSPS) is 10.9. The molecular formula is C31H26N4O5. The first-order chi connectivity index (χ1) is 19.3. The van der Waals surface area contributed by atoms with Crippen molar-refractivity contribution < 1.29 is 19.8 Å². The maximum absolute atomic E-state index is 14.1. The largest absolute Gasteiger partial charge is 0.505 e. The minimum Gasteiger partial charge on any atom is -0.505 e. The summed E-state index contributed by atoms with van der Waals surface area (Å²) in [4.78, 5) is 47.0. The number of aromatic hydroxyl groups is 1. The Balaban J connectivity index is 1.85. The molecule has 0 aliphatic carbocycles. The molecule has 0 saturated heterocycles. The molecule has 1 amide bonds. The third kappa shape index (κ3) is 5.17. The Morgan fingerprint density at radius 1 is 0.975 bits per heavy atom. The number of carboxylic acids is 1. The van der Waals surface area contributed by atoms with Gasteiger partial charge < -0.3 is 20.1 Å². The van der Waals surface area contributed by atoms with E-state index in [2.05, 4.69) is 15.3 Å². The van der Waals surface area contributed by atoms with Crippen LogP contribution in [0.5, 0.6) is 5.75 Å². The third-order valence-electron chi connectivity index (χ3n) is 6.62. The van der Waals surface area contributed by atoms with Crippen molar-refractivity contribution in [1.82, 2.24) is 19.9 Å². The van der Waals surface area contributed by atoms with Gasteiger partial charge in [0.1, 0.15) is 0 Å². The fraction of sp³-hybridized carbons (Fsp3) is 0.129. The number of fused-ring (bicyclic) bond motifs is 1. The molecule has 0 radical (unpaired) electrons. The summed E-state index contributed by atoms with van der Waals surface area (Å²) >= 11 is 0. The number of nitrogens with zero attached hydrogens (tertiary/aromatic N) is 3. The molecule has 3 aromatic heterocycles. The van der Waals surface area contributed by atoms with Crippen molar-refractivity contribution >= 4 is 22.8 Å². The quantitative estimate of drug-likeness (QED) is 0.269. The van der Waals surface area contributed by atoms with Crippen LogP contribution in [0.25, 0.3) is 33.3 Å². The van der Waals surface area contributed by atoms with Crippen molar-refractivity contribution in [3.63, 3.8) is 0 Å². The summed E-state index contributed by atoms with van der Waals surface area (Å²) < 4.78 is 1.56. The summed E-state index contributed by atoms with van der Waals surface area (Å²) in [6.45, 7) is 1.91. The first kappa shape index (κ1) is 26.3. The van der Waals surface area contributed by atoms with E-state index >= 15 is 0 Å². The van der Waals surface area contributed by atoms with Crippen molar-refractivity contribution in [2.45, 2.75) is 19.9 Å². The molecule has 9 nitrogen and oxygen atoms in total. The molecule has 0 aliphatic heterocycles. The summed E-state index contributed by atoms with van der Waals surface area (Å²) in [7, 11) is 0. The van der Waals surface area contributed by atoms with Gasteiger partial charge in [0.15, 0.2) is 11.4 Å². The molecule has 2 aromatic carbocycles. The Labute approximate surface area is 229 Å². The Kier molecular flexibility index (Phi) is 7.37. The molecule has 3 N–H and O–H groups in total. The Morgan fingerprint density at radius 3 is 2.35 bits per heavy atom. The van der Waals surface area contributed by atoms with Gasteiger partial charge in [-0.1, -0.05) is 60.7 Å². The van der Waals surface area contributed by atoms with Crippen LogP contribution >= 0.6 is 0 Å². The van der Waals surface area contributed by atoms with E-state index in [1.54, 1.807) is 41.2 Å². The summed E-state index contributed by atoms with van der Waals surface area (Å²) in [5, 5.41) is 23.2. The van der Waals surface area contributed by atoms with Crippen LogP contribution in [0.3, 0.4) is 0 Å². The molecule has 0 unspecified atom stereocenters. The SMILES string of the molecule is Cc1ccncc1-c1nc(C(=O)NCCC(=O)O)c(O)c2cc(-c3ccccc3)c(=O)n(Cc3ccccc3)c12. The van der Waals surface area contributed by atoms with E-state index in [0.29, 0.717) is 27.9 Å². The molecule has 0 bridgehead atoms. The lowest BCUT2D eigenvalue weighted by molar-refractivity contribution is -0.136. The average Bonchev–Trinajstić information content (AvgIpc) is 2.96. The molecule has 0 saturated carbocycles. The van der Waals surface area contributed by atoms with E-state index < -0.39 is 17.6 Å². The van der Waals surface area contributed by atoms with Crippen molar-refractivity contribution in [3.8, 4) is 28.1 Å². The molecule has 9 heteroatoms. The highest BCUT2D eigenvalue weighted by atomic mass is 16.4. The highest BCUT2D eigenvalue weighted by Gasteiger charge is 2.25. The Hall–Kier alpha value is -5.31. The van der Waals surface area contributed by atoms with E-state index in [-0.39, 0.29) is 36.1 Å². The first-order valence-corrected chi connectivity index (χ1v) is 12.7. The fourth-order valence-corrected chi connectivity index (χ4v) is 4.61. The predicted octanol–water partition coefficient (Wildman–Crippen LogP) is 4.39. The van der Waals surface area contributed by atoms with Crippen LogP contribution in [0.4, 0.5) is 0 Å². The van der Waals surface area contributed by atoms with Gasteiger partial charge in [0, 0.05) is 35.5 Å². The Bertz CT molecular complexity index is 1780. The average molecular weight is 535 g/mol. The number of carbonyl (C=O) groups excluding carboxylic acids is 1. The van der Waals surface area contributed by atoms with Gasteiger partial charge in [0.2, 0.25) is 0 Å². The zero-order chi connectivity index (χ0) is 28.2. The fourth-order valence-electron chi connectivity index (χ4n) is 4.61. The summed E-state index contributed by atoms with van der Waals surface area (Å²) in [5.41, 5.74) is 3.33. The third-order valence-corrected chi connectivity index (χ3v) is 6.62. The van der Waals surface area contributed by atoms with Gasteiger partial charge in [-0.05, 0) is 35.7 Å². The lowest BCUT2D eigenvalue weighted by atomic mass is 9.99. The van der Waals surface area contributed by atoms with Crippen molar-refractivity contribution in [2.24, 2.45) is 0 Å². The molecule has 0 atom stereocenters. The molecule has 0 spiro atoms. The van der Waals surface area contributed by atoms with Crippen LogP contribution in [0.15, 0.2) is 90.0 Å². The van der Waals surface area contributed by atoms with Crippen LogP contribution in [0, 0.1) is 6.92 Å². The number of pyridine rings is 3. The van der Waals surface area contributed by atoms with Crippen LogP contribution in [-0.2, 0) is 11.3 Å². The molecule has 3 heterocycles. The number of hydrogen-bond donors (Lipinski definition) is 3. The molecule has 0 fully saturated rings. The maximum atomic E-state index is 14.1. The summed E-state index contributed by atoms with van der Waals surface area (Å²) in [6.07, 6.45) is 2.94. The number of aliphatic carboxylic acids is 1. The van der Waals surface area contributed by atoms with Gasteiger partial charge in [-0.15, -0.1) is 0 Å². The van der Waals surface area contributed by atoms with Crippen LogP contribution in [0.1, 0.15) is 28.0 Å². The predicted molar refractivity (Wildman–Crippen MR) is 151 cm³/mol. The lowest BCUT2D eigenvalue weighted by Crippen LogP contribution is -2.28. The van der Waals surface area contributed by atoms with Gasteiger partial charge >= 0.3 is 5.97 Å². The number of aromatic nitrogens is 3. The van der Waals surface area contributed by atoms with Crippen molar-refractivity contribution in [2.75, 3.05) is 6.54 Å². The highest BCUT2D eigenvalue weighted by molar-refractivity contribution is 6.06. The number of rotatable bonds is 8. The summed E-state index contributed by atoms with van der Waals surface area (Å²) in [5.74, 6) is -2.21. The van der Waals surface area contributed by atoms with Gasteiger partial charge in [-0.3, -0.25) is 19.4 Å². The molecule has 0 aliphatic rings. The molecule has 200 valence electrons. The topological polar surface area (TPSA) is 134 Å². The molecular weight excluding hydrogens is 508 g/mol. The number of benzene rings is 2. The van der Waals surface area contributed by atoms with Crippen LogP contribution in [0.2, 0.25) is 0 Å². The zero-order valence-corrected chi connectivity index (χ0v) is 21.7. The van der Waals surface area contributed by atoms with Gasteiger partial charge in [-0.25, -0.2) is 4.98 Å². The minimum absolute atomic E-state index is 0.142. The van der Waals surface area contributed by atoms with Crippen molar-refractivity contribution in [1.29, 1.82) is 0 Å². The smallest absolute Gasteiger partial charge is 0.305 e. The number of hydrogen-bond acceptors (Lipinski definition) is 6. The zero-order valence-electron chi connectivity index (χ0n) is 21.7. The lowest BCUT2D eigenvalue weighted by Gasteiger charge is -2.19. The van der Waals surface area contributed by atoms with E-state index in [1.807, 2.05) is 55.5 Å². The van der Waals surface area contributed by atoms with Crippen LogP contribution < -0.4 is 10.9 Å². The molecule has 5 rings (SSSR count). The van der Waals surface area contributed by atoms with Crippen molar-refractivity contribution in [3.05, 3.63) is 112 Å². The molecule has 5 aromatic rings. The number of aryl methyl sites for hydroxylation is 1. The van der Waals surface area contributed by atoms with E-state index in [9.17, 15) is 19.5 Å². The van der Waals surface area contributed by atoms with Gasteiger partial charge in [-0.2, -0.15) is 0 Å². The van der Waals surface area contributed by atoms with Crippen LogP contribution in [-0.4, -0.2) is 43.2 Å². The number of amides is 1. The Morgan fingerprint density at radius 2 is 1.68 bits per heavy atom. The summed E-state index contributed by atoms with van der Waals surface area (Å²) in [6, 6.07) is 21.9. The monoisotopic (exact) mass is 534 g/mol. The second-order valence-electron chi connectivity index (χ2n) is 9.31. The molecule has 40 heavy (non-hydrogen) atoms. The van der Waals surface area contributed by atoms with Gasteiger partial charge in [0.25, 0.3) is 11.5 Å². The second kappa shape index (κ2) is 11.2. The second-order valence-corrected chi connectivity index (χ2v) is 9.31. The van der Waals surface area contributed by atoms with E-state index in [1.165, 1.54) is 0 Å². The van der Waals surface area contributed by atoms with E-state index in [0.717, 1.165) is 11.1 Å². The van der Waals surface area contributed by atoms with E-state index in [4.69, 9.17) is 5.11 Å².